The Bertz CT molecular complexity index is 893. The minimum Gasteiger partial charge on any atom is -0.446 e. The van der Waals surface area contributed by atoms with E-state index in [9.17, 15) is 4.79 Å². The van der Waals surface area contributed by atoms with Gasteiger partial charge in [-0.05, 0) is 17.7 Å². The van der Waals surface area contributed by atoms with Gasteiger partial charge in [-0.2, -0.15) is 0 Å². The van der Waals surface area contributed by atoms with E-state index >= 15 is 0 Å². The smallest absolute Gasteiger partial charge is 0.340 e. The van der Waals surface area contributed by atoms with Crippen LogP contribution in [0.2, 0.25) is 0 Å². The highest BCUT2D eigenvalue weighted by molar-refractivity contribution is 6.03. The average Bonchev–Trinajstić information content (AvgIpc) is 2.72. The number of fused-ring (bicyclic) bond motifs is 1. The van der Waals surface area contributed by atoms with Gasteiger partial charge < -0.3 is 10.1 Å². The third-order valence-corrected chi connectivity index (χ3v) is 4.77. The van der Waals surface area contributed by atoms with Crippen LogP contribution in [0.4, 0.5) is 0 Å². The first-order chi connectivity index (χ1) is 12.8. The SMILES string of the molecule is O=C(OCN1CCNCC1c1ccccc1)c1ccnc2ccccc12. The maximum absolute atomic E-state index is 12.7. The predicted molar refractivity (Wildman–Crippen MR) is 101 cm³/mol. The van der Waals surface area contributed by atoms with Crippen molar-refractivity contribution in [2.45, 2.75) is 6.04 Å². The summed E-state index contributed by atoms with van der Waals surface area (Å²) in [5.41, 5.74) is 2.58. The first-order valence-corrected chi connectivity index (χ1v) is 8.83. The quantitative estimate of drug-likeness (QED) is 0.736. The minimum absolute atomic E-state index is 0.201. The summed E-state index contributed by atoms with van der Waals surface area (Å²) in [7, 11) is 0. The second-order valence-corrected chi connectivity index (χ2v) is 6.38. The largest absolute Gasteiger partial charge is 0.446 e. The van der Waals surface area contributed by atoms with Gasteiger partial charge in [-0.25, -0.2) is 4.79 Å². The standard InChI is InChI=1S/C21H21N3O2/c25-21(18-10-11-23-19-9-5-4-8-17(18)19)26-15-24-13-12-22-14-20(24)16-6-2-1-3-7-16/h1-11,20,22H,12-15H2. The maximum Gasteiger partial charge on any atom is 0.340 e. The van der Waals surface area contributed by atoms with Crippen LogP contribution in [-0.2, 0) is 4.74 Å². The number of esters is 1. The van der Waals surface area contributed by atoms with Gasteiger partial charge in [0, 0.05) is 31.2 Å². The monoisotopic (exact) mass is 347 g/mol. The summed E-state index contributed by atoms with van der Waals surface area (Å²) in [6, 6.07) is 19.9. The summed E-state index contributed by atoms with van der Waals surface area (Å²) < 4.78 is 5.66. The number of aromatic nitrogens is 1. The van der Waals surface area contributed by atoms with Crippen LogP contribution >= 0.6 is 0 Å². The zero-order chi connectivity index (χ0) is 17.8. The predicted octanol–water partition coefficient (Wildman–Crippen LogP) is 3.00. The van der Waals surface area contributed by atoms with Crippen LogP contribution in [0.15, 0.2) is 66.9 Å². The number of para-hydroxylation sites is 1. The Morgan fingerprint density at radius 1 is 1.12 bits per heavy atom. The number of hydrogen-bond acceptors (Lipinski definition) is 5. The molecule has 5 nitrogen and oxygen atoms in total. The van der Waals surface area contributed by atoms with Crippen molar-refractivity contribution in [3.05, 3.63) is 78.0 Å². The second kappa shape index (κ2) is 7.64. The first-order valence-electron chi connectivity index (χ1n) is 8.83. The fraction of sp³-hybridized carbons (Fsp3) is 0.238. The molecule has 1 fully saturated rings. The Balaban J connectivity index is 1.49. The molecule has 1 N–H and O–H groups in total. The van der Waals surface area contributed by atoms with Crippen LogP contribution in [0.1, 0.15) is 22.0 Å². The Morgan fingerprint density at radius 3 is 2.81 bits per heavy atom. The van der Waals surface area contributed by atoms with Crippen molar-refractivity contribution in [3.63, 3.8) is 0 Å². The van der Waals surface area contributed by atoms with Gasteiger partial charge in [0.2, 0.25) is 0 Å². The molecule has 3 aromatic rings. The number of rotatable bonds is 4. The van der Waals surface area contributed by atoms with E-state index in [1.54, 1.807) is 12.3 Å². The van der Waals surface area contributed by atoms with E-state index in [-0.39, 0.29) is 18.7 Å². The number of carbonyl (C=O) groups excluding carboxylic acids is 1. The molecular formula is C21H21N3O2. The number of pyridine rings is 1. The van der Waals surface area contributed by atoms with E-state index in [1.807, 2.05) is 42.5 Å². The molecule has 1 saturated heterocycles. The van der Waals surface area contributed by atoms with Crippen molar-refractivity contribution >= 4 is 16.9 Å². The summed E-state index contributed by atoms with van der Waals surface area (Å²) in [4.78, 5) is 19.2. The molecule has 0 spiro atoms. The molecule has 2 aromatic carbocycles. The van der Waals surface area contributed by atoms with Crippen molar-refractivity contribution in [1.29, 1.82) is 0 Å². The molecule has 5 heteroatoms. The molecule has 0 amide bonds. The lowest BCUT2D eigenvalue weighted by molar-refractivity contribution is 0.00324. The minimum atomic E-state index is -0.311. The molecule has 4 rings (SSSR count). The Labute approximate surface area is 152 Å². The zero-order valence-corrected chi connectivity index (χ0v) is 14.5. The van der Waals surface area contributed by atoms with E-state index < -0.39 is 0 Å². The lowest BCUT2D eigenvalue weighted by Crippen LogP contribution is -2.47. The van der Waals surface area contributed by atoms with Gasteiger partial charge in [-0.3, -0.25) is 9.88 Å². The lowest BCUT2D eigenvalue weighted by Gasteiger charge is -2.35. The molecule has 132 valence electrons. The lowest BCUT2D eigenvalue weighted by atomic mass is 10.0. The number of carbonyl (C=O) groups is 1. The third kappa shape index (κ3) is 3.45. The van der Waals surface area contributed by atoms with Gasteiger partial charge in [0.15, 0.2) is 0 Å². The van der Waals surface area contributed by atoms with E-state index in [0.717, 1.165) is 30.5 Å². The van der Waals surface area contributed by atoms with Crippen LogP contribution < -0.4 is 5.32 Å². The highest BCUT2D eigenvalue weighted by Crippen LogP contribution is 2.22. The van der Waals surface area contributed by atoms with Crippen molar-refractivity contribution in [2.75, 3.05) is 26.4 Å². The van der Waals surface area contributed by atoms with Crippen LogP contribution in [0.3, 0.4) is 0 Å². The van der Waals surface area contributed by atoms with Crippen LogP contribution in [0, 0.1) is 0 Å². The van der Waals surface area contributed by atoms with Gasteiger partial charge in [0.1, 0.15) is 6.73 Å². The van der Waals surface area contributed by atoms with E-state index in [2.05, 4.69) is 27.3 Å². The van der Waals surface area contributed by atoms with Crippen molar-refractivity contribution in [1.82, 2.24) is 15.2 Å². The van der Waals surface area contributed by atoms with Gasteiger partial charge in [0.05, 0.1) is 17.1 Å². The summed E-state index contributed by atoms with van der Waals surface area (Å²) in [5.74, 6) is -0.311. The molecule has 1 atom stereocenters. The number of benzene rings is 2. The summed E-state index contributed by atoms with van der Waals surface area (Å²) in [6.45, 7) is 2.85. The van der Waals surface area contributed by atoms with Gasteiger partial charge >= 0.3 is 5.97 Å². The molecule has 26 heavy (non-hydrogen) atoms. The number of hydrogen-bond donors (Lipinski definition) is 1. The number of piperazine rings is 1. The van der Waals surface area contributed by atoms with Crippen LogP contribution in [0.5, 0.6) is 0 Å². The van der Waals surface area contributed by atoms with Crippen molar-refractivity contribution in [2.24, 2.45) is 0 Å². The number of nitrogens with one attached hydrogen (secondary N) is 1. The second-order valence-electron chi connectivity index (χ2n) is 6.38. The fourth-order valence-corrected chi connectivity index (χ4v) is 3.40. The Hall–Kier alpha value is -2.76. The zero-order valence-electron chi connectivity index (χ0n) is 14.5. The van der Waals surface area contributed by atoms with Crippen LogP contribution in [0.25, 0.3) is 10.9 Å². The highest BCUT2D eigenvalue weighted by Gasteiger charge is 2.25. The van der Waals surface area contributed by atoms with Crippen molar-refractivity contribution in [3.8, 4) is 0 Å². The molecule has 0 radical (unpaired) electrons. The highest BCUT2D eigenvalue weighted by atomic mass is 16.5. The topological polar surface area (TPSA) is 54.5 Å². The summed E-state index contributed by atoms with van der Waals surface area (Å²) >= 11 is 0. The Morgan fingerprint density at radius 2 is 1.92 bits per heavy atom. The molecule has 0 aliphatic carbocycles. The first kappa shape index (κ1) is 16.7. The normalized spacial score (nSPS) is 17.9. The summed E-state index contributed by atoms with van der Waals surface area (Å²) in [5, 5.41) is 4.24. The molecule has 0 saturated carbocycles. The molecule has 1 aromatic heterocycles. The molecule has 2 heterocycles. The average molecular weight is 347 g/mol. The van der Waals surface area contributed by atoms with Gasteiger partial charge in [-0.1, -0.05) is 48.5 Å². The van der Waals surface area contributed by atoms with E-state index in [1.165, 1.54) is 5.56 Å². The molecule has 1 unspecified atom stereocenters. The molecule has 1 aliphatic rings. The van der Waals surface area contributed by atoms with E-state index in [4.69, 9.17) is 4.74 Å². The molecular weight excluding hydrogens is 326 g/mol. The van der Waals surface area contributed by atoms with Gasteiger partial charge in [-0.15, -0.1) is 0 Å². The van der Waals surface area contributed by atoms with Gasteiger partial charge in [0.25, 0.3) is 0 Å². The number of ether oxygens (including phenoxy) is 1. The van der Waals surface area contributed by atoms with E-state index in [0.29, 0.717) is 5.56 Å². The molecule has 0 bridgehead atoms. The molecule has 1 aliphatic heterocycles. The van der Waals surface area contributed by atoms with Crippen molar-refractivity contribution < 1.29 is 9.53 Å². The fourth-order valence-electron chi connectivity index (χ4n) is 3.40. The number of nitrogens with zero attached hydrogens (tertiary/aromatic N) is 2. The third-order valence-electron chi connectivity index (χ3n) is 4.77. The maximum atomic E-state index is 12.7. The summed E-state index contributed by atoms with van der Waals surface area (Å²) in [6.07, 6.45) is 1.65. The van der Waals surface area contributed by atoms with Crippen LogP contribution in [-0.4, -0.2) is 42.2 Å². The Kier molecular flexibility index (Phi) is 4.91.